The lowest BCUT2D eigenvalue weighted by atomic mass is 9.91. The Morgan fingerprint density at radius 2 is 2.25 bits per heavy atom. The largest absolute Gasteiger partial charge is 0.481 e. The highest BCUT2D eigenvalue weighted by Crippen LogP contribution is 2.37. The summed E-state index contributed by atoms with van der Waals surface area (Å²) >= 11 is 1.05. The summed E-state index contributed by atoms with van der Waals surface area (Å²) in [7, 11) is 0. The Kier molecular flexibility index (Phi) is 4.17. The number of aliphatic carboxylic acids is 1. The van der Waals surface area contributed by atoms with E-state index in [0.717, 1.165) is 11.3 Å². The summed E-state index contributed by atoms with van der Waals surface area (Å²) in [6.07, 6.45) is -2.00. The minimum Gasteiger partial charge on any atom is -0.481 e. The highest BCUT2D eigenvalue weighted by Gasteiger charge is 2.40. The Balaban J connectivity index is 2.10. The molecule has 1 aliphatic rings. The van der Waals surface area contributed by atoms with Crippen molar-refractivity contribution in [2.75, 3.05) is 11.9 Å². The smallest absolute Gasteiger partial charge is 0.324 e. The maximum atomic E-state index is 12.8. The van der Waals surface area contributed by atoms with Crippen molar-refractivity contribution < 1.29 is 27.5 Å². The number of aromatic nitrogens is 1. The van der Waals surface area contributed by atoms with Crippen molar-refractivity contribution in [2.45, 2.75) is 37.5 Å². The number of anilines is 1. The fourth-order valence-corrected chi connectivity index (χ4v) is 3.07. The molecule has 0 aromatic carbocycles. The summed E-state index contributed by atoms with van der Waals surface area (Å²) in [5.41, 5.74) is 0.358. The van der Waals surface area contributed by atoms with Crippen LogP contribution in [0.3, 0.4) is 0 Å². The third kappa shape index (κ3) is 3.02. The van der Waals surface area contributed by atoms with E-state index in [2.05, 4.69) is 10.3 Å². The molecule has 1 unspecified atom stereocenters. The molecule has 1 heterocycles. The minimum absolute atomic E-state index is 0.0588. The number of aryl methyl sites for hydroxylation is 1. The molecular weight excluding hydrogens is 300 g/mol. The average molecular weight is 312 g/mol. The van der Waals surface area contributed by atoms with E-state index >= 15 is 0 Å². The molecule has 0 bridgehead atoms. The van der Waals surface area contributed by atoms with Crippen LogP contribution in [-0.2, 0) is 11.2 Å². The fourth-order valence-electron chi connectivity index (χ4n) is 2.01. The summed E-state index contributed by atoms with van der Waals surface area (Å²) in [6, 6.07) is 0. The lowest BCUT2D eigenvalue weighted by Crippen LogP contribution is -2.34. The van der Waals surface area contributed by atoms with Crippen molar-refractivity contribution in [2.24, 2.45) is 0 Å². The quantitative estimate of drug-likeness (QED) is 0.821. The Morgan fingerprint density at radius 1 is 1.55 bits per heavy atom. The van der Waals surface area contributed by atoms with E-state index in [1.54, 1.807) is 0 Å². The zero-order valence-electron chi connectivity index (χ0n) is 10.2. The molecule has 0 amide bonds. The number of nitrogens with zero attached hydrogens (tertiary/aromatic N) is 1. The monoisotopic (exact) mass is 312 g/mol. The summed E-state index contributed by atoms with van der Waals surface area (Å²) in [5.74, 6) is -5.90. The van der Waals surface area contributed by atoms with Gasteiger partial charge in [0.15, 0.2) is 5.13 Å². The molecule has 0 radical (unpaired) electrons. The number of nitrogens with one attached hydrogen (secondary N) is 1. The number of thiazole rings is 1. The number of carboxylic acid groups (broad SMARTS) is 1. The summed E-state index contributed by atoms with van der Waals surface area (Å²) in [6.45, 7) is -1.23. The van der Waals surface area contributed by atoms with Crippen LogP contribution in [0.2, 0.25) is 0 Å². The first-order valence-corrected chi connectivity index (χ1v) is 6.75. The molecule has 2 N–H and O–H groups in total. The van der Waals surface area contributed by atoms with Crippen LogP contribution in [0.1, 0.15) is 29.3 Å². The highest BCUT2D eigenvalue weighted by atomic mass is 32.1. The number of hydrogen-bond acceptors (Lipinski definition) is 4. The van der Waals surface area contributed by atoms with Crippen LogP contribution in [0.15, 0.2) is 0 Å². The van der Waals surface area contributed by atoms with Crippen LogP contribution in [0.25, 0.3) is 0 Å². The molecule has 0 spiro atoms. The first-order chi connectivity index (χ1) is 9.31. The van der Waals surface area contributed by atoms with Crippen LogP contribution in [-0.4, -0.2) is 35.0 Å². The highest BCUT2D eigenvalue weighted by molar-refractivity contribution is 7.15. The fraction of sp³-hybridized carbons (Fsp3) is 0.636. The van der Waals surface area contributed by atoms with Crippen molar-refractivity contribution in [3.05, 3.63) is 10.6 Å². The topological polar surface area (TPSA) is 62.2 Å². The number of halogens is 4. The molecule has 2 rings (SSSR count). The van der Waals surface area contributed by atoms with E-state index in [1.807, 2.05) is 0 Å². The SMILES string of the molecule is O=C(O)C1CCCc2sc(NCC(F)(F)C(F)F)nc21. The van der Waals surface area contributed by atoms with Gasteiger partial charge >= 0.3 is 18.3 Å². The maximum Gasteiger partial charge on any atom is 0.324 e. The zero-order valence-corrected chi connectivity index (χ0v) is 11.0. The van der Waals surface area contributed by atoms with Gasteiger partial charge in [-0.25, -0.2) is 13.8 Å². The van der Waals surface area contributed by atoms with Crippen molar-refractivity contribution >= 4 is 22.4 Å². The number of rotatable bonds is 5. The molecule has 1 atom stereocenters. The molecule has 0 fully saturated rings. The van der Waals surface area contributed by atoms with Gasteiger partial charge in [0.1, 0.15) is 5.92 Å². The van der Waals surface area contributed by atoms with Crippen LogP contribution in [0.5, 0.6) is 0 Å². The number of carbonyl (C=O) groups is 1. The van der Waals surface area contributed by atoms with Gasteiger partial charge in [0.25, 0.3) is 0 Å². The van der Waals surface area contributed by atoms with Gasteiger partial charge in [-0.05, 0) is 19.3 Å². The summed E-state index contributed by atoms with van der Waals surface area (Å²) < 4.78 is 49.6. The average Bonchev–Trinajstić information content (AvgIpc) is 2.78. The lowest BCUT2D eigenvalue weighted by Gasteiger charge is -2.16. The van der Waals surface area contributed by atoms with E-state index in [0.29, 0.717) is 29.8 Å². The first-order valence-electron chi connectivity index (χ1n) is 5.93. The predicted molar refractivity (Wildman–Crippen MR) is 64.9 cm³/mol. The maximum absolute atomic E-state index is 12.8. The molecular formula is C11H12F4N2O2S. The van der Waals surface area contributed by atoms with Gasteiger partial charge in [-0.3, -0.25) is 4.79 Å². The van der Waals surface area contributed by atoms with E-state index in [9.17, 15) is 22.4 Å². The van der Waals surface area contributed by atoms with E-state index in [1.165, 1.54) is 0 Å². The second-order valence-corrected chi connectivity index (χ2v) is 5.61. The van der Waals surface area contributed by atoms with Crippen LogP contribution < -0.4 is 5.32 Å². The molecule has 4 nitrogen and oxygen atoms in total. The van der Waals surface area contributed by atoms with E-state index in [4.69, 9.17) is 5.11 Å². The molecule has 20 heavy (non-hydrogen) atoms. The number of fused-ring (bicyclic) bond motifs is 1. The lowest BCUT2D eigenvalue weighted by molar-refractivity contribution is -0.139. The minimum atomic E-state index is -4.14. The Labute approximate surface area is 115 Å². The number of carboxylic acids is 1. The number of alkyl halides is 4. The van der Waals surface area contributed by atoms with Gasteiger partial charge in [0.05, 0.1) is 12.2 Å². The van der Waals surface area contributed by atoms with Crippen LogP contribution in [0.4, 0.5) is 22.7 Å². The van der Waals surface area contributed by atoms with Gasteiger partial charge in [0.2, 0.25) is 0 Å². The summed E-state index contributed by atoms with van der Waals surface area (Å²) in [4.78, 5) is 15.7. The molecule has 0 aliphatic heterocycles. The van der Waals surface area contributed by atoms with Gasteiger partial charge in [-0.15, -0.1) is 11.3 Å². The van der Waals surface area contributed by atoms with E-state index < -0.39 is 30.8 Å². The summed E-state index contributed by atoms with van der Waals surface area (Å²) in [5, 5.41) is 11.3. The van der Waals surface area contributed by atoms with Crippen LogP contribution >= 0.6 is 11.3 Å². The molecule has 1 aromatic rings. The predicted octanol–water partition coefficient (Wildman–Crippen LogP) is 2.96. The Morgan fingerprint density at radius 3 is 2.85 bits per heavy atom. The second kappa shape index (κ2) is 5.55. The van der Waals surface area contributed by atoms with Crippen molar-refractivity contribution in [1.82, 2.24) is 4.98 Å². The number of hydrogen-bond donors (Lipinski definition) is 2. The molecule has 0 saturated carbocycles. The first kappa shape index (κ1) is 15.0. The third-order valence-electron chi connectivity index (χ3n) is 3.05. The van der Waals surface area contributed by atoms with Gasteiger partial charge in [0, 0.05) is 4.88 Å². The van der Waals surface area contributed by atoms with Gasteiger partial charge in [-0.2, -0.15) is 8.78 Å². The normalized spacial score (nSPS) is 18.9. The molecule has 1 aliphatic carbocycles. The Hall–Kier alpha value is -1.38. The molecule has 0 saturated heterocycles. The van der Waals surface area contributed by atoms with Crippen molar-refractivity contribution in [3.8, 4) is 0 Å². The van der Waals surface area contributed by atoms with Crippen molar-refractivity contribution in [3.63, 3.8) is 0 Å². The van der Waals surface area contributed by atoms with Crippen molar-refractivity contribution in [1.29, 1.82) is 0 Å². The van der Waals surface area contributed by atoms with E-state index in [-0.39, 0.29) is 5.13 Å². The molecule has 1 aromatic heterocycles. The van der Waals surface area contributed by atoms with Gasteiger partial charge < -0.3 is 10.4 Å². The van der Waals surface area contributed by atoms with Gasteiger partial charge in [-0.1, -0.05) is 0 Å². The third-order valence-corrected chi connectivity index (χ3v) is 4.14. The van der Waals surface area contributed by atoms with Crippen LogP contribution in [0, 0.1) is 0 Å². The molecule has 112 valence electrons. The standard InChI is InChI=1S/C11H12F4N2O2S/c12-9(13)11(14,15)4-16-10-17-7-5(8(18)19)2-1-3-6(7)20-10/h5,9H,1-4H2,(H,16,17)(H,18,19). The zero-order chi connectivity index (χ0) is 14.9. The molecule has 9 heteroatoms. The second-order valence-electron chi connectivity index (χ2n) is 4.53. The Bertz CT molecular complexity index is 507.